The summed E-state index contributed by atoms with van der Waals surface area (Å²) < 4.78 is 23.6. The Morgan fingerprint density at radius 3 is 2.30 bits per heavy atom. The molecule has 1 aliphatic rings. The van der Waals surface area contributed by atoms with Crippen LogP contribution in [0.5, 0.6) is 0 Å². The number of para-hydroxylation sites is 1. The first-order valence-corrected chi connectivity index (χ1v) is 11.8. The summed E-state index contributed by atoms with van der Waals surface area (Å²) in [5.74, 6) is -0.609. The number of likely N-dealkylation sites (N-methyl/N-ethyl adjacent to an activating group) is 1. The minimum Gasteiger partial charge on any atom is -0.335 e. The predicted molar refractivity (Wildman–Crippen MR) is 117 cm³/mol. The van der Waals surface area contributed by atoms with Crippen LogP contribution in [0, 0.1) is 0 Å². The highest BCUT2D eigenvalue weighted by Gasteiger charge is 2.34. The molecule has 9 heteroatoms. The van der Waals surface area contributed by atoms with Crippen molar-refractivity contribution in [2.24, 2.45) is 0 Å². The maximum atomic E-state index is 13.3. The molecule has 160 valence electrons. The van der Waals surface area contributed by atoms with Gasteiger partial charge in [-0.2, -0.15) is 0 Å². The number of anilines is 1. The van der Waals surface area contributed by atoms with Crippen molar-refractivity contribution >= 4 is 38.9 Å². The Labute approximate surface area is 181 Å². The van der Waals surface area contributed by atoms with Gasteiger partial charge in [-0.05, 0) is 17.7 Å². The second-order valence-electron chi connectivity index (χ2n) is 7.22. The van der Waals surface area contributed by atoms with Crippen molar-refractivity contribution in [1.82, 2.24) is 9.80 Å². The smallest absolute Gasteiger partial charge is 0.244 e. The van der Waals surface area contributed by atoms with E-state index in [9.17, 15) is 18.0 Å². The van der Waals surface area contributed by atoms with Crippen LogP contribution in [0.3, 0.4) is 0 Å². The Morgan fingerprint density at radius 2 is 1.67 bits per heavy atom. The van der Waals surface area contributed by atoms with Crippen LogP contribution in [0.4, 0.5) is 5.69 Å². The molecule has 0 spiro atoms. The van der Waals surface area contributed by atoms with Crippen molar-refractivity contribution in [3.63, 3.8) is 0 Å². The minimum absolute atomic E-state index is 0.0142. The molecule has 7 nitrogen and oxygen atoms in total. The zero-order chi connectivity index (χ0) is 21.7. The van der Waals surface area contributed by atoms with Crippen LogP contribution in [0.25, 0.3) is 0 Å². The zero-order valence-electron chi connectivity index (χ0n) is 16.6. The number of nitrogens with zero attached hydrogens (tertiary/aromatic N) is 2. The number of amides is 2. The molecule has 1 aliphatic heterocycles. The van der Waals surface area contributed by atoms with E-state index in [1.54, 1.807) is 31.3 Å². The monoisotopic (exact) mass is 449 g/mol. The van der Waals surface area contributed by atoms with Crippen molar-refractivity contribution in [2.75, 3.05) is 43.5 Å². The lowest BCUT2D eigenvalue weighted by Gasteiger charge is -2.35. The highest BCUT2D eigenvalue weighted by Crippen LogP contribution is 2.25. The van der Waals surface area contributed by atoms with E-state index in [1.807, 2.05) is 35.2 Å². The first-order valence-electron chi connectivity index (χ1n) is 9.55. The fraction of sp³-hybridized carbons (Fsp3) is 0.333. The molecule has 3 rings (SSSR count). The number of sulfone groups is 1. The summed E-state index contributed by atoms with van der Waals surface area (Å²) >= 11 is 6.07. The number of nitrogens with one attached hydrogen (secondary N) is 1. The third-order valence-corrected chi connectivity index (χ3v) is 6.94. The molecule has 1 N–H and O–H groups in total. The molecule has 0 bridgehead atoms. The molecule has 30 heavy (non-hydrogen) atoms. The van der Waals surface area contributed by atoms with Gasteiger partial charge in [0, 0.05) is 20.1 Å². The van der Waals surface area contributed by atoms with Crippen molar-refractivity contribution in [3.05, 3.63) is 65.2 Å². The van der Waals surface area contributed by atoms with Gasteiger partial charge in [-0.25, -0.2) is 8.42 Å². The molecule has 0 aliphatic carbocycles. The van der Waals surface area contributed by atoms with Crippen molar-refractivity contribution < 1.29 is 18.0 Å². The van der Waals surface area contributed by atoms with Gasteiger partial charge in [0.2, 0.25) is 11.8 Å². The Hall–Kier alpha value is -2.42. The quantitative estimate of drug-likeness (QED) is 0.730. The van der Waals surface area contributed by atoms with E-state index in [-0.39, 0.29) is 43.0 Å². The van der Waals surface area contributed by atoms with Crippen molar-refractivity contribution in [3.8, 4) is 0 Å². The molecule has 1 saturated heterocycles. The van der Waals surface area contributed by atoms with Gasteiger partial charge in [0.25, 0.3) is 0 Å². The minimum atomic E-state index is -3.08. The topological polar surface area (TPSA) is 86.8 Å². The van der Waals surface area contributed by atoms with E-state index in [0.717, 1.165) is 5.56 Å². The molecule has 2 amide bonds. The van der Waals surface area contributed by atoms with E-state index in [2.05, 4.69) is 5.32 Å². The first kappa shape index (κ1) is 22.3. The molecular formula is C21H24ClN3O4S. The average molecular weight is 450 g/mol. The third-order valence-electron chi connectivity index (χ3n) is 5.00. The summed E-state index contributed by atoms with van der Waals surface area (Å²) in [4.78, 5) is 28.9. The molecule has 1 atom stereocenters. The van der Waals surface area contributed by atoms with Crippen LogP contribution in [-0.2, 0) is 19.4 Å². The second kappa shape index (κ2) is 9.59. The summed E-state index contributed by atoms with van der Waals surface area (Å²) in [6.07, 6.45) is 0. The zero-order valence-corrected chi connectivity index (χ0v) is 18.2. The normalized spacial score (nSPS) is 17.1. The predicted octanol–water partition coefficient (Wildman–Crippen LogP) is 2.21. The van der Waals surface area contributed by atoms with Gasteiger partial charge in [-0.1, -0.05) is 54.1 Å². The maximum absolute atomic E-state index is 13.3. The number of hydrogen-bond acceptors (Lipinski definition) is 5. The molecule has 0 radical (unpaired) electrons. The molecule has 1 unspecified atom stereocenters. The molecule has 0 saturated carbocycles. The van der Waals surface area contributed by atoms with E-state index in [1.165, 1.54) is 4.90 Å². The van der Waals surface area contributed by atoms with Crippen LogP contribution in [0.1, 0.15) is 11.6 Å². The fourth-order valence-electron chi connectivity index (χ4n) is 3.38. The first-order chi connectivity index (χ1) is 14.3. The molecule has 1 heterocycles. The van der Waals surface area contributed by atoms with E-state index < -0.39 is 15.9 Å². The summed E-state index contributed by atoms with van der Waals surface area (Å²) in [6.45, 7) is 0.389. The van der Waals surface area contributed by atoms with Gasteiger partial charge >= 0.3 is 0 Å². The molecular weight excluding hydrogens is 426 g/mol. The molecule has 2 aromatic carbocycles. The lowest BCUT2D eigenvalue weighted by atomic mass is 10.0. The number of hydrogen-bond donors (Lipinski definition) is 1. The van der Waals surface area contributed by atoms with Crippen LogP contribution < -0.4 is 5.32 Å². The number of carbonyl (C=O) groups excluding carboxylic acids is 2. The summed E-state index contributed by atoms with van der Waals surface area (Å²) in [6, 6.07) is 15.4. The SMILES string of the molecule is CN(CC(=O)Nc1ccccc1Cl)C(=O)C(c1ccccc1)N1CCS(=O)(=O)CC1. The average Bonchev–Trinajstić information content (AvgIpc) is 2.72. The number of halogens is 1. The molecule has 0 aromatic heterocycles. The fourth-order valence-corrected chi connectivity index (χ4v) is 4.80. The van der Waals surface area contributed by atoms with Gasteiger partial charge in [-0.3, -0.25) is 14.5 Å². The molecule has 1 fully saturated rings. The van der Waals surface area contributed by atoms with Crippen LogP contribution >= 0.6 is 11.6 Å². The standard InChI is InChI=1S/C21H24ClN3O4S/c1-24(15-19(26)23-18-10-6-5-9-17(18)22)21(27)20(16-7-3-2-4-8-16)25-11-13-30(28,29)14-12-25/h2-10,20H,11-15H2,1H3,(H,23,26). The summed E-state index contributed by atoms with van der Waals surface area (Å²) in [5.41, 5.74) is 1.24. The van der Waals surface area contributed by atoms with E-state index in [4.69, 9.17) is 11.6 Å². The van der Waals surface area contributed by atoms with E-state index in [0.29, 0.717) is 10.7 Å². The van der Waals surface area contributed by atoms with Crippen LogP contribution in [0.2, 0.25) is 5.02 Å². The highest BCUT2D eigenvalue weighted by molar-refractivity contribution is 7.91. The third kappa shape index (κ3) is 5.59. The lowest BCUT2D eigenvalue weighted by molar-refractivity contribution is -0.138. The summed E-state index contributed by atoms with van der Waals surface area (Å²) in [5, 5.41) is 3.12. The van der Waals surface area contributed by atoms with Crippen LogP contribution in [-0.4, -0.2) is 68.2 Å². The Balaban J connectivity index is 1.73. The maximum Gasteiger partial charge on any atom is 0.244 e. The second-order valence-corrected chi connectivity index (χ2v) is 9.93. The Kier molecular flexibility index (Phi) is 7.12. The van der Waals surface area contributed by atoms with Gasteiger partial charge in [-0.15, -0.1) is 0 Å². The van der Waals surface area contributed by atoms with E-state index >= 15 is 0 Å². The van der Waals surface area contributed by atoms with Gasteiger partial charge in [0.05, 0.1) is 28.8 Å². The summed E-state index contributed by atoms with van der Waals surface area (Å²) in [7, 11) is -1.52. The number of benzene rings is 2. The largest absolute Gasteiger partial charge is 0.335 e. The lowest BCUT2D eigenvalue weighted by Crippen LogP contribution is -2.49. The van der Waals surface area contributed by atoms with Gasteiger partial charge in [0.15, 0.2) is 9.84 Å². The number of rotatable bonds is 6. The highest BCUT2D eigenvalue weighted by atomic mass is 35.5. The van der Waals surface area contributed by atoms with Crippen LogP contribution in [0.15, 0.2) is 54.6 Å². The van der Waals surface area contributed by atoms with Crippen molar-refractivity contribution in [1.29, 1.82) is 0 Å². The van der Waals surface area contributed by atoms with Gasteiger partial charge < -0.3 is 10.2 Å². The number of carbonyl (C=O) groups is 2. The Morgan fingerprint density at radius 1 is 1.07 bits per heavy atom. The Bertz CT molecular complexity index is 1000. The van der Waals surface area contributed by atoms with Gasteiger partial charge in [0.1, 0.15) is 6.04 Å². The molecule has 2 aromatic rings. The van der Waals surface area contributed by atoms with Crippen molar-refractivity contribution in [2.45, 2.75) is 6.04 Å².